The monoisotopic (exact) mass is 258 g/mol. The highest BCUT2D eigenvalue weighted by molar-refractivity contribution is 6.30. The van der Waals surface area contributed by atoms with E-state index in [1.165, 1.54) is 0 Å². The van der Waals surface area contributed by atoms with Gasteiger partial charge in [-0.2, -0.15) is 5.10 Å². The molecule has 2 N–H and O–H groups in total. The largest absolute Gasteiger partial charge is 0.337 e. The van der Waals surface area contributed by atoms with E-state index < -0.39 is 0 Å². The van der Waals surface area contributed by atoms with Crippen molar-refractivity contribution in [1.29, 1.82) is 0 Å². The van der Waals surface area contributed by atoms with Gasteiger partial charge in [0.25, 0.3) is 0 Å². The Kier molecular flexibility index (Phi) is 2.64. The van der Waals surface area contributed by atoms with Crippen LogP contribution in [0.2, 0.25) is 5.02 Å². The fourth-order valence-electron chi connectivity index (χ4n) is 1.80. The summed E-state index contributed by atoms with van der Waals surface area (Å²) in [5.74, 6) is 0.705. The molecule has 3 aromatic rings. The molecule has 0 saturated heterocycles. The highest BCUT2D eigenvalue weighted by Gasteiger charge is 2.07. The Hall–Kier alpha value is -2.07. The van der Waals surface area contributed by atoms with Gasteiger partial charge in [0.2, 0.25) is 0 Å². The maximum absolute atomic E-state index is 5.99. The Balaban J connectivity index is 2.04. The van der Waals surface area contributed by atoms with Crippen molar-refractivity contribution in [2.45, 2.75) is 6.92 Å². The molecule has 18 heavy (non-hydrogen) atoms. The summed E-state index contributed by atoms with van der Waals surface area (Å²) in [5.41, 5.74) is 3.75. The lowest BCUT2D eigenvalue weighted by atomic mass is 10.2. The quantitative estimate of drug-likeness (QED) is 0.737. The number of aromatic nitrogens is 3. The van der Waals surface area contributed by atoms with Gasteiger partial charge >= 0.3 is 0 Å². The molecule has 3 rings (SSSR count). The number of hydrogen-bond acceptors (Lipinski definition) is 3. The summed E-state index contributed by atoms with van der Waals surface area (Å²) in [6.45, 7) is 2.01. The van der Waals surface area contributed by atoms with Crippen molar-refractivity contribution in [2.75, 3.05) is 5.32 Å². The van der Waals surface area contributed by atoms with E-state index in [9.17, 15) is 0 Å². The second kappa shape index (κ2) is 4.31. The topological polar surface area (TPSA) is 53.6 Å². The predicted octanol–water partition coefficient (Wildman–Crippen LogP) is 3.66. The van der Waals surface area contributed by atoms with Crippen molar-refractivity contribution in [1.82, 2.24) is 15.2 Å². The first-order chi connectivity index (χ1) is 8.74. The van der Waals surface area contributed by atoms with Crippen LogP contribution >= 0.6 is 11.6 Å². The number of aryl methyl sites for hydroxylation is 1. The van der Waals surface area contributed by atoms with Gasteiger partial charge in [-0.15, -0.1) is 0 Å². The van der Waals surface area contributed by atoms with E-state index >= 15 is 0 Å². The average Bonchev–Trinajstić information content (AvgIpc) is 2.78. The first-order valence-corrected chi connectivity index (χ1v) is 5.94. The third-order valence-electron chi connectivity index (χ3n) is 2.77. The average molecular weight is 259 g/mol. The molecule has 4 nitrogen and oxygen atoms in total. The number of benzene rings is 1. The number of H-pyrrole nitrogens is 1. The lowest BCUT2D eigenvalue weighted by molar-refractivity contribution is 1.12. The molecule has 90 valence electrons. The van der Waals surface area contributed by atoms with Crippen LogP contribution in [0.25, 0.3) is 11.0 Å². The summed E-state index contributed by atoms with van der Waals surface area (Å²) in [5, 5.41) is 11.1. The summed E-state index contributed by atoms with van der Waals surface area (Å²) in [6, 6.07) is 9.51. The first-order valence-electron chi connectivity index (χ1n) is 5.56. The Morgan fingerprint density at radius 1 is 1.28 bits per heavy atom. The maximum Gasteiger partial charge on any atom is 0.178 e. The van der Waals surface area contributed by atoms with Crippen LogP contribution in [0, 0.1) is 6.92 Å². The van der Waals surface area contributed by atoms with Crippen molar-refractivity contribution in [3.63, 3.8) is 0 Å². The van der Waals surface area contributed by atoms with E-state index in [4.69, 9.17) is 11.6 Å². The molecular formula is C13H11ClN4. The van der Waals surface area contributed by atoms with E-state index in [-0.39, 0.29) is 0 Å². The van der Waals surface area contributed by atoms with Crippen LogP contribution in [-0.4, -0.2) is 15.2 Å². The second-order valence-electron chi connectivity index (χ2n) is 4.06. The van der Waals surface area contributed by atoms with Gasteiger partial charge in [-0.25, -0.2) is 0 Å². The lowest BCUT2D eigenvalue weighted by Gasteiger charge is -2.07. The van der Waals surface area contributed by atoms with Gasteiger partial charge in [-0.1, -0.05) is 17.7 Å². The molecule has 1 aromatic carbocycles. The number of anilines is 2. The normalized spacial score (nSPS) is 10.8. The van der Waals surface area contributed by atoms with E-state index in [1.54, 1.807) is 6.20 Å². The molecule has 0 fully saturated rings. The van der Waals surface area contributed by atoms with Crippen molar-refractivity contribution in [2.24, 2.45) is 0 Å². The van der Waals surface area contributed by atoms with Gasteiger partial charge in [0.05, 0.1) is 5.52 Å². The number of nitrogens with one attached hydrogen (secondary N) is 2. The number of hydrogen-bond donors (Lipinski definition) is 2. The van der Waals surface area contributed by atoms with Gasteiger partial charge in [0.15, 0.2) is 5.82 Å². The molecule has 0 spiro atoms. The van der Waals surface area contributed by atoms with Crippen LogP contribution in [0.3, 0.4) is 0 Å². The van der Waals surface area contributed by atoms with Crippen LogP contribution < -0.4 is 5.32 Å². The minimum Gasteiger partial charge on any atom is -0.337 e. The van der Waals surface area contributed by atoms with E-state index in [0.29, 0.717) is 10.8 Å². The maximum atomic E-state index is 5.99. The fourth-order valence-corrected chi connectivity index (χ4v) is 1.97. The predicted molar refractivity (Wildman–Crippen MR) is 73.4 cm³/mol. The van der Waals surface area contributed by atoms with E-state index in [1.807, 2.05) is 37.3 Å². The van der Waals surface area contributed by atoms with Crippen molar-refractivity contribution < 1.29 is 0 Å². The number of rotatable bonds is 2. The van der Waals surface area contributed by atoms with E-state index in [0.717, 1.165) is 22.3 Å². The Morgan fingerprint density at radius 3 is 3.06 bits per heavy atom. The van der Waals surface area contributed by atoms with Crippen LogP contribution in [0.1, 0.15) is 5.56 Å². The summed E-state index contributed by atoms with van der Waals surface area (Å²) in [6.07, 6.45) is 1.74. The summed E-state index contributed by atoms with van der Waals surface area (Å²) in [4.78, 5) is 4.30. The smallest absolute Gasteiger partial charge is 0.178 e. The highest BCUT2D eigenvalue weighted by Crippen LogP contribution is 2.26. The van der Waals surface area contributed by atoms with Gasteiger partial charge < -0.3 is 5.32 Å². The highest BCUT2D eigenvalue weighted by atomic mass is 35.5. The third-order valence-corrected chi connectivity index (χ3v) is 3.01. The van der Waals surface area contributed by atoms with Crippen molar-refractivity contribution >= 4 is 34.1 Å². The first kappa shape index (κ1) is 11.0. The molecule has 0 atom stereocenters. The minimum absolute atomic E-state index is 0.691. The molecule has 0 saturated carbocycles. The molecule has 0 unspecified atom stereocenters. The van der Waals surface area contributed by atoms with E-state index in [2.05, 4.69) is 20.5 Å². The molecule has 0 aliphatic rings. The number of halogens is 1. The minimum atomic E-state index is 0.691. The van der Waals surface area contributed by atoms with Gasteiger partial charge in [-0.05, 0) is 36.8 Å². The molecular weight excluding hydrogens is 248 g/mol. The molecule has 0 radical (unpaired) electrons. The Bertz CT molecular complexity index is 705. The number of aromatic amines is 1. The third kappa shape index (κ3) is 1.91. The van der Waals surface area contributed by atoms with Crippen molar-refractivity contribution in [3.8, 4) is 0 Å². The SMILES string of the molecule is Cc1ccc(Cl)cc1Nc1n[nH]c2cccnc12. The molecule has 2 heterocycles. The zero-order valence-electron chi connectivity index (χ0n) is 9.74. The molecule has 0 aliphatic carbocycles. The van der Waals surface area contributed by atoms with Crippen LogP contribution in [0.5, 0.6) is 0 Å². The zero-order chi connectivity index (χ0) is 12.5. The summed E-state index contributed by atoms with van der Waals surface area (Å²) in [7, 11) is 0. The number of nitrogens with zero attached hydrogens (tertiary/aromatic N) is 2. The fraction of sp³-hybridized carbons (Fsp3) is 0.0769. The molecule has 0 aliphatic heterocycles. The second-order valence-corrected chi connectivity index (χ2v) is 4.49. The van der Waals surface area contributed by atoms with Gasteiger partial charge in [-0.3, -0.25) is 10.1 Å². The molecule has 0 amide bonds. The molecule has 0 bridgehead atoms. The van der Waals surface area contributed by atoms with Crippen LogP contribution in [-0.2, 0) is 0 Å². The Morgan fingerprint density at radius 2 is 2.17 bits per heavy atom. The summed E-state index contributed by atoms with van der Waals surface area (Å²) >= 11 is 5.99. The van der Waals surface area contributed by atoms with Gasteiger partial charge in [0, 0.05) is 16.9 Å². The van der Waals surface area contributed by atoms with Crippen molar-refractivity contribution in [3.05, 3.63) is 47.1 Å². The lowest BCUT2D eigenvalue weighted by Crippen LogP contribution is -1.94. The van der Waals surface area contributed by atoms with Crippen LogP contribution in [0.15, 0.2) is 36.5 Å². The number of pyridine rings is 1. The van der Waals surface area contributed by atoms with Crippen LogP contribution in [0.4, 0.5) is 11.5 Å². The summed E-state index contributed by atoms with van der Waals surface area (Å²) < 4.78 is 0. The Labute approximate surface area is 109 Å². The van der Waals surface area contributed by atoms with Gasteiger partial charge in [0.1, 0.15) is 5.52 Å². The zero-order valence-corrected chi connectivity index (χ0v) is 10.5. The standard InChI is InChI=1S/C13H11ClN4/c1-8-4-5-9(14)7-11(8)16-13-12-10(17-18-13)3-2-6-15-12/h2-7H,1H3,(H2,16,17,18). The number of fused-ring (bicyclic) bond motifs is 1. The molecule has 5 heteroatoms. The molecule has 2 aromatic heterocycles.